The van der Waals surface area contributed by atoms with E-state index < -0.39 is 0 Å². The number of aryl methyl sites for hydroxylation is 1. The minimum atomic E-state index is 0.528. The lowest BCUT2D eigenvalue weighted by atomic mass is 10.1. The Morgan fingerprint density at radius 2 is 2.33 bits per heavy atom. The number of hydrogen-bond acceptors (Lipinski definition) is 5. The molecular formula is C10H13N3OS. The standard InChI is InChI=1S/C10H13N3OS/c1-14-9-7-8(5-3-4-6-11)10(15-2)13-12-9/h7H,3-5H2,1-2H3. The average molecular weight is 223 g/mol. The smallest absolute Gasteiger partial charge is 0.233 e. The Morgan fingerprint density at radius 3 is 2.93 bits per heavy atom. The van der Waals surface area contributed by atoms with Crippen LogP contribution in [0.1, 0.15) is 18.4 Å². The van der Waals surface area contributed by atoms with Gasteiger partial charge in [-0.3, -0.25) is 0 Å². The average Bonchev–Trinajstić information content (AvgIpc) is 2.29. The van der Waals surface area contributed by atoms with E-state index in [4.69, 9.17) is 10.00 Å². The molecular weight excluding hydrogens is 210 g/mol. The van der Waals surface area contributed by atoms with Gasteiger partial charge in [-0.2, -0.15) is 5.26 Å². The Hall–Kier alpha value is -1.28. The van der Waals surface area contributed by atoms with Gasteiger partial charge in [0.05, 0.1) is 13.2 Å². The second kappa shape index (κ2) is 6.25. The lowest BCUT2D eigenvalue weighted by molar-refractivity contribution is 0.389. The molecule has 0 unspecified atom stereocenters. The predicted octanol–water partition coefficient (Wildman–Crippen LogP) is 2.05. The van der Waals surface area contributed by atoms with Crippen LogP contribution in [0.2, 0.25) is 0 Å². The van der Waals surface area contributed by atoms with Crippen LogP contribution in [0.5, 0.6) is 5.88 Å². The van der Waals surface area contributed by atoms with Crippen molar-refractivity contribution in [3.05, 3.63) is 11.6 Å². The molecule has 1 heterocycles. The van der Waals surface area contributed by atoms with E-state index in [1.165, 1.54) is 0 Å². The molecule has 15 heavy (non-hydrogen) atoms. The molecule has 0 atom stereocenters. The summed E-state index contributed by atoms with van der Waals surface area (Å²) in [6.45, 7) is 0. The van der Waals surface area contributed by atoms with Crippen molar-refractivity contribution in [1.82, 2.24) is 10.2 Å². The van der Waals surface area contributed by atoms with Gasteiger partial charge in [0.25, 0.3) is 0 Å². The monoisotopic (exact) mass is 223 g/mol. The number of unbranched alkanes of at least 4 members (excludes halogenated alkanes) is 1. The minimum absolute atomic E-state index is 0.528. The first kappa shape index (κ1) is 11.8. The van der Waals surface area contributed by atoms with E-state index in [1.807, 2.05) is 12.3 Å². The van der Waals surface area contributed by atoms with Crippen LogP contribution in [0, 0.1) is 11.3 Å². The highest BCUT2D eigenvalue weighted by Gasteiger charge is 2.06. The van der Waals surface area contributed by atoms with Crippen molar-refractivity contribution in [3.63, 3.8) is 0 Å². The van der Waals surface area contributed by atoms with Crippen molar-refractivity contribution in [2.24, 2.45) is 0 Å². The molecule has 0 N–H and O–H groups in total. The molecule has 0 aliphatic carbocycles. The SMILES string of the molecule is COc1cc(CCCC#N)c(SC)nn1. The van der Waals surface area contributed by atoms with Crippen LogP contribution in [0.4, 0.5) is 0 Å². The van der Waals surface area contributed by atoms with Gasteiger partial charge in [-0.1, -0.05) is 0 Å². The Bertz CT molecular complexity index is 362. The third kappa shape index (κ3) is 3.40. The van der Waals surface area contributed by atoms with Crippen LogP contribution in [0.15, 0.2) is 11.1 Å². The summed E-state index contributed by atoms with van der Waals surface area (Å²) >= 11 is 1.56. The van der Waals surface area contributed by atoms with Gasteiger partial charge < -0.3 is 4.74 Å². The maximum atomic E-state index is 8.46. The molecule has 0 bridgehead atoms. The quantitative estimate of drug-likeness (QED) is 0.565. The largest absolute Gasteiger partial charge is 0.480 e. The molecule has 4 nitrogen and oxygen atoms in total. The molecule has 0 radical (unpaired) electrons. The van der Waals surface area contributed by atoms with Crippen molar-refractivity contribution in [2.45, 2.75) is 24.3 Å². The van der Waals surface area contributed by atoms with Gasteiger partial charge in [0.1, 0.15) is 5.03 Å². The van der Waals surface area contributed by atoms with Crippen molar-refractivity contribution < 1.29 is 4.74 Å². The van der Waals surface area contributed by atoms with Crippen LogP contribution in [0.3, 0.4) is 0 Å². The summed E-state index contributed by atoms with van der Waals surface area (Å²) in [6.07, 6.45) is 4.22. The molecule has 0 saturated heterocycles. The van der Waals surface area contributed by atoms with Crippen molar-refractivity contribution in [2.75, 3.05) is 13.4 Å². The van der Waals surface area contributed by atoms with Gasteiger partial charge in [-0.05, 0) is 24.7 Å². The summed E-state index contributed by atoms with van der Waals surface area (Å²) in [7, 11) is 1.57. The lowest BCUT2D eigenvalue weighted by Gasteiger charge is -2.06. The Labute approximate surface area is 93.7 Å². The van der Waals surface area contributed by atoms with Gasteiger partial charge >= 0.3 is 0 Å². The summed E-state index contributed by atoms with van der Waals surface area (Å²) in [5.41, 5.74) is 1.10. The minimum Gasteiger partial charge on any atom is -0.480 e. The van der Waals surface area contributed by atoms with E-state index in [2.05, 4.69) is 16.3 Å². The Balaban J connectivity index is 2.77. The predicted molar refractivity (Wildman–Crippen MR) is 58.9 cm³/mol. The molecule has 5 heteroatoms. The third-order valence-corrected chi connectivity index (χ3v) is 2.68. The zero-order valence-corrected chi connectivity index (χ0v) is 9.67. The van der Waals surface area contributed by atoms with E-state index in [-0.39, 0.29) is 0 Å². The van der Waals surface area contributed by atoms with Crippen LogP contribution in [0.25, 0.3) is 0 Å². The number of thioether (sulfide) groups is 1. The van der Waals surface area contributed by atoms with E-state index in [1.54, 1.807) is 18.9 Å². The van der Waals surface area contributed by atoms with Gasteiger partial charge in [-0.25, -0.2) is 0 Å². The van der Waals surface area contributed by atoms with Crippen LogP contribution in [-0.4, -0.2) is 23.6 Å². The normalized spacial score (nSPS) is 9.67. The first-order valence-electron chi connectivity index (χ1n) is 4.63. The summed E-state index contributed by atoms with van der Waals surface area (Å²) < 4.78 is 5.01. The van der Waals surface area contributed by atoms with Gasteiger partial charge in [-0.15, -0.1) is 22.0 Å². The van der Waals surface area contributed by atoms with E-state index in [0.717, 1.165) is 23.4 Å². The maximum Gasteiger partial charge on any atom is 0.233 e. The topological polar surface area (TPSA) is 58.8 Å². The summed E-state index contributed by atoms with van der Waals surface area (Å²) in [5, 5.41) is 17.3. The lowest BCUT2D eigenvalue weighted by Crippen LogP contribution is -1.97. The molecule has 0 aliphatic rings. The highest BCUT2D eigenvalue weighted by Crippen LogP contribution is 2.21. The van der Waals surface area contributed by atoms with Crippen LogP contribution < -0.4 is 4.74 Å². The van der Waals surface area contributed by atoms with E-state index in [0.29, 0.717) is 12.3 Å². The second-order valence-corrected chi connectivity index (χ2v) is 3.73. The third-order valence-electron chi connectivity index (χ3n) is 1.95. The molecule has 1 aromatic rings. The second-order valence-electron chi connectivity index (χ2n) is 2.93. The van der Waals surface area contributed by atoms with Crippen LogP contribution in [-0.2, 0) is 6.42 Å². The van der Waals surface area contributed by atoms with Gasteiger partial charge in [0.15, 0.2) is 0 Å². The first-order valence-corrected chi connectivity index (χ1v) is 5.85. The zero-order chi connectivity index (χ0) is 11.1. The van der Waals surface area contributed by atoms with Crippen molar-refractivity contribution in [1.29, 1.82) is 5.26 Å². The Kier molecular flexibility index (Phi) is 4.91. The number of nitriles is 1. The van der Waals surface area contributed by atoms with Crippen molar-refractivity contribution in [3.8, 4) is 11.9 Å². The summed E-state index contributed by atoms with van der Waals surface area (Å²) in [4.78, 5) is 0. The Morgan fingerprint density at radius 1 is 1.53 bits per heavy atom. The number of ether oxygens (including phenoxy) is 1. The summed E-state index contributed by atoms with van der Waals surface area (Å²) in [5.74, 6) is 0.528. The van der Waals surface area contributed by atoms with E-state index >= 15 is 0 Å². The van der Waals surface area contributed by atoms with Crippen molar-refractivity contribution >= 4 is 11.8 Å². The molecule has 80 valence electrons. The fourth-order valence-corrected chi connectivity index (χ4v) is 1.75. The molecule has 0 aliphatic heterocycles. The number of nitrogens with zero attached hydrogens (tertiary/aromatic N) is 3. The van der Waals surface area contributed by atoms with Crippen LogP contribution >= 0.6 is 11.8 Å². The fourth-order valence-electron chi connectivity index (χ4n) is 1.21. The summed E-state index contributed by atoms with van der Waals surface area (Å²) in [6, 6.07) is 4.02. The molecule has 0 saturated carbocycles. The molecule has 1 aromatic heterocycles. The number of aromatic nitrogens is 2. The molecule has 0 spiro atoms. The molecule has 0 fully saturated rings. The molecule has 0 amide bonds. The zero-order valence-electron chi connectivity index (χ0n) is 8.86. The highest BCUT2D eigenvalue weighted by molar-refractivity contribution is 7.98. The maximum absolute atomic E-state index is 8.46. The molecule has 0 aromatic carbocycles. The highest BCUT2D eigenvalue weighted by atomic mass is 32.2. The first-order chi connectivity index (χ1) is 7.31. The molecule has 1 rings (SSSR count). The van der Waals surface area contributed by atoms with Gasteiger partial charge in [0, 0.05) is 12.5 Å². The van der Waals surface area contributed by atoms with Gasteiger partial charge in [0.2, 0.25) is 5.88 Å². The number of hydrogen-bond donors (Lipinski definition) is 0. The number of methoxy groups -OCH3 is 1. The number of rotatable bonds is 5. The van der Waals surface area contributed by atoms with E-state index in [9.17, 15) is 0 Å². The fraction of sp³-hybridized carbons (Fsp3) is 0.500.